The van der Waals surface area contributed by atoms with Crippen molar-refractivity contribution >= 4 is 5.97 Å². The van der Waals surface area contributed by atoms with E-state index in [0.29, 0.717) is 5.92 Å². The maximum Gasteiger partial charge on any atom is 0.310 e. The molecule has 5 aliphatic rings. The number of fused-ring (bicyclic) bond motifs is 1. The summed E-state index contributed by atoms with van der Waals surface area (Å²) in [5.74, 6) is -0.468. The van der Waals surface area contributed by atoms with E-state index in [1.54, 1.807) is 12.5 Å². The lowest BCUT2D eigenvalue weighted by atomic mass is 9.41. The van der Waals surface area contributed by atoms with Crippen LogP contribution in [0, 0.1) is 22.7 Å². The van der Waals surface area contributed by atoms with Crippen molar-refractivity contribution < 1.29 is 23.4 Å². The number of furan rings is 1. The fourth-order valence-corrected chi connectivity index (χ4v) is 7.35. The zero-order chi connectivity index (χ0) is 17.2. The van der Waals surface area contributed by atoms with E-state index in [2.05, 4.69) is 20.8 Å². The number of hydrogen-bond donors (Lipinski definition) is 0. The number of carbonyl (C=O) groups excluding carboxylic acids is 1. The Morgan fingerprint density at radius 2 is 2.04 bits per heavy atom. The molecule has 0 radical (unpaired) electrons. The molecule has 5 nitrogen and oxygen atoms in total. The van der Waals surface area contributed by atoms with Crippen LogP contribution >= 0.6 is 0 Å². The molecular weight excluding hydrogens is 320 g/mol. The second-order valence-corrected chi connectivity index (χ2v) is 9.28. The van der Waals surface area contributed by atoms with Gasteiger partial charge in [-0.2, -0.15) is 0 Å². The third kappa shape index (κ3) is 1.26. The lowest BCUT2D eigenvalue weighted by Gasteiger charge is -2.64. The largest absolute Gasteiger partial charge is 0.472 e. The highest BCUT2D eigenvalue weighted by atomic mass is 16.8. The fourth-order valence-electron chi connectivity index (χ4n) is 7.35. The zero-order valence-corrected chi connectivity index (χ0v) is 14.9. The molecule has 2 aliphatic carbocycles. The SMILES string of the molecule is CC1CC2OC(=O)C3CCC4OC5(c6ccoc6)CC1(C)C4(O5)C23C. The first kappa shape index (κ1) is 14.8. The molecule has 25 heavy (non-hydrogen) atoms. The van der Waals surface area contributed by atoms with Gasteiger partial charge in [-0.1, -0.05) is 20.8 Å². The monoisotopic (exact) mass is 344 g/mol. The van der Waals surface area contributed by atoms with Crippen molar-refractivity contribution in [3.8, 4) is 0 Å². The highest BCUT2D eigenvalue weighted by Gasteiger charge is 2.86. The molecule has 1 aromatic heterocycles. The number of esters is 1. The predicted octanol–water partition coefficient (Wildman–Crippen LogP) is 3.38. The summed E-state index contributed by atoms with van der Waals surface area (Å²) in [4.78, 5) is 12.6. The topological polar surface area (TPSA) is 57.9 Å². The summed E-state index contributed by atoms with van der Waals surface area (Å²) in [7, 11) is 0. The Kier molecular flexibility index (Phi) is 2.36. The van der Waals surface area contributed by atoms with Crippen molar-refractivity contribution in [2.45, 2.75) is 70.1 Å². The standard InChI is InChI=1S/C20H24O5/c1-11-8-15-18(3)13(16(21)23-15)4-5-14-20(18)17(11,2)10-19(24-14,25-20)12-6-7-22-9-12/h6-7,9,11,13-15H,4-5,8,10H2,1-3H3. The first-order valence-corrected chi connectivity index (χ1v) is 9.48. The van der Waals surface area contributed by atoms with Gasteiger partial charge in [0.25, 0.3) is 0 Å². The van der Waals surface area contributed by atoms with Gasteiger partial charge in [-0.15, -0.1) is 0 Å². The Labute approximate surface area is 147 Å². The number of carbonyl (C=O) groups is 1. The third-order valence-electron chi connectivity index (χ3n) is 8.63. The van der Waals surface area contributed by atoms with Gasteiger partial charge in [-0.25, -0.2) is 0 Å². The highest BCUT2D eigenvalue weighted by molar-refractivity contribution is 5.77. The molecule has 5 fully saturated rings. The van der Waals surface area contributed by atoms with Gasteiger partial charge in [0.2, 0.25) is 0 Å². The molecule has 1 spiro atoms. The Balaban J connectivity index is 1.62. The van der Waals surface area contributed by atoms with Crippen LogP contribution in [-0.4, -0.2) is 23.8 Å². The van der Waals surface area contributed by atoms with Gasteiger partial charge in [-0.05, 0) is 31.2 Å². The van der Waals surface area contributed by atoms with E-state index in [9.17, 15) is 4.79 Å². The van der Waals surface area contributed by atoms with E-state index in [1.807, 2.05) is 6.07 Å². The molecule has 1 aromatic rings. The van der Waals surface area contributed by atoms with Gasteiger partial charge in [0.15, 0.2) is 5.79 Å². The van der Waals surface area contributed by atoms with Crippen LogP contribution in [0.2, 0.25) is 0 Å². The van der Waals surface area contributed by atoms with Crippen LogP contribution in [-0.2, 0) is 24.8 Å². The summed E-state index contributed by atoms with van der Waals surface area (Å²) in [6, 6.07) is 1.95. The maximum atomic E-state index is 12.6. The molecule has 8 unspecified atom stereocenters. The summed E-state index contributed by atoms with van der Waals surface area (Å²) >= 11 is 0. The van der Waals surface area contributed by atoms with E-state index in [1.165, 1.54) is 0 Å². The molecule has 2 saturated carbocycles. The van der Waals surface area contributed by atoms with Crippen LogP contribution in [0.4, 0.5) is 0 Å². The third-order valence-corrected chi connectivity index (χ3v) is 8.63. The maximum absolute atomic E-state index is 12.6. The van der Waals surface area contributed by atoms with Gasteiger partial charge in [-0.3, -0.25) is 4.79 Å². The Morgan fingerprint density at radius 3 is 2.80 bits per heavy atom. The molecule has 2 bridgehead atoms. The molecule has 6 rings (SSSR count). The first-order chi connectivity index (χ1) is 11.9. The minimum atomic E-state index is -0.751. The molecule has 4 heterocycles. The van der Waals surface area contributed by atoms with Crippen molar-refractivity contribution in [1.29, 1.82) is 0 Å². The molecule has 0 N–H and O–H groups in total. The average molecular weight is 344 g/mol. The van der Waals surface area contributed by atoms with E-state index < -0.39 is 11.4 Å². The van der Waals surface area contributed by atoms with E-state index in [4.69, 9.17) is 18.6 Å². The van der Waals surface area contributed by atoms with E-state index in [-0.39, 0.29) is 34.9 Å². The van der Waals surface area contributed by atoms with Crippen LogP contribution in [0.3, 0.4) is 0 Å². The molecule has 0 amide bonds. The number of rotatable bonds is 1. The molecular formula is C20H24O5. The summed E-state index contributed by atoms with van der Waals surface area (Å²) in [6.07, 6.45) is 6.75. The second-order valence-electron chi connectivity index (χ2n) is 9.28. The minimum absolute atomic E-state index is 0.00199. The van der Waals surface area contributed by atoms with Crippen molar-refractivity contribution in [3.63, 3.8) is 0 Å². The number of hydrogen-bond acceptors (Lipinski definition) is 5. The molecule has 5 heteroatoms. The smallest absolute Gasteiger partial charge is 0.310 e. The minimum Gasteiger partial charge on any atom is -0.472 e. The normalized spacial score (nSPS) is 58.3. The Morgan fingerprint density at radius 1 is 1.20 bits per heavy atom. The Bertz CT molecular complexity index is 773. The molecule has 8 atom stereocenters. The van der Waals surface area contributed by atoms with Crippen molar-refractivity contribution in [2.75, 3.05) is 0 Å². The summed E-state index contributed by atoms with van der Waals surface area (Å²) in [5, 5.41) is 0. The number of ether oxygens (including phenoxy) is 3. The summed E-state index contributed by atoms with van der Waals surface area (Å²) < 4.78 is 24.8. The second kappa shape index (κ2) is 3.99. The van der Waals surface area contributed by atoms with Crippen LogP contribution in [0.1, 0.15) is 52.0 Å². The van der Waals surface area contributed by atoms with Crippen LogP contribution in [0.5, 0.6) is 0 Å². The summed E-state index contributed by atoms with van der Waals surface area (Å²) in [6.45, 7) is 6.86. The Hall–Kier alpha value is -1.33. The van der Waals surface area contributed by atoms with Gasteiger partial charge >= 0.3 is 5.97 Å². The molecule has 3 aliphatic heterocycles. The van der Waals surface area contributed by atoms with Crippen molar-refractivity contribution in [2.24, 2.45) is 22.7 Å². The van der Waals surface area contributed by atoms with Crippen LogP contribution in [0.25, 0.3) is 0 Å². The van der Waals surface area contributed by atoms with Gasteiger partial charge in [0, 0.05) is 17.4 Å². The lowest BCUT2D eigenvalue weighted by Crippen LogP contribution is -2.73. The van der Waals surface area contributed by atoms with Crippen LogP contribution < -0.4 is 0 Å². The van der Waals surface area contributed by atoms with Crippen molar-refractivity contribution in [3.05, 3.63) is 24.2 Å². The van der Waals surface area contributed by atoms with Crippen LogP contribution in [0.15, 0.2) is 23.0 Å². The van der Waals surface area contributed by atoms with Gasteiger partial charge in [0.05, 0.1) is 30.0 Å². The first-order valence-electron chi connectivity index (χ1n) is 9.48. The predicted molar refractivity (Wildman–Crippen MR) is 86.3 cm³/mol. The van der Waals surface area contributed by atoms with E-state index in [0.717, 1.165) is 31.2 Å². The van der Waals surface area contributed by atoms with Gasteiger partial charge < -0.3 is 18.6 Å². The quantitative estimate of drug-likeness (QED) is 0.731. The zero-order valence-electron chi connectivity index (χ0n) is 14.9. The van der Waals surface area contributed by atoms with E-state index >= 15 is 0 Å². The fraction of sp³-hybridized carbons (Fsp3) is 0.750. The van der Waals surface area contributed by atoms with Gasteiger partial charge in [0.1, 0.15) is 11.7 Å². The molecule has 3 saturated heterocycles. The highest BCUT2D eigenvalue weighted by Crippen LogP contribution is 2.79. The molecule has 0 aromatic carbocycles. The average Bonchev–Trinajstić information content (AvgIpc) is 3.28. The van der Waals surface area contributed by atoms with Crippen molar-refractivity contribution in [1.82, 2.24) is 0 Å². The molecule has 134 valence electrons. The lowest BCUT2D eigenvalue weighted by molar-refractivity contribution is -0.241. The summed E-state index contributed by atoms with van der Waals surface area (Å²) in [5.41, 5.74) is 0.108.